The largest absolute Gasteiger partial charge is 0.483 e. The van der Waals surface area contributed by atoms with Gasteiger partial charge in [-0.1, -0.05) is 23.8 Å². The predicted molar refractivity (Wildman–Crippen MR) is 101 cm³/mol. The Kier molecular flexibility index (Phi) is 6.93. The monoisotopic (exact) mass is 370 g/mol. The first-order valence-electron chi connectivity index (χ1n) is 8.34. The average Bonchev–Trinajstić information content (AvgIpc) is 2.65. The van der Waals surface area contributed by atoms with Gasteiger partial charge in [-0.05, 0) is 43.7 Å². The number of anilines is 1. The number of hydrogen-bond acceptors (Lipinski definition) is 5. The first kappa shape index (κ1) is 20.0. The number of rotatable bonds is 7. The number of methoxy groups -OCH3 is 1. The molecule has 142 valence electrons. The highest BCUT2D eigenvalue weighted by atomic mass is 16.5. The highest BCUT2D eigenvalue weighted by Crippen LogP contribution is 2.18. The Morgan fingerprint density at radius 2 is 1.81 bits per heavy atom. The average molecular weight is 370 g/mol. The number of aryl methyl sites for hydroxylation is 2. The van der Waals surface area contributed by atoms with Gasteiger partial charge in [-0.25, -0.2) is 0 Å². The van der Waals surface area contributed by atoms with Crippen molar-refractivity contribution in [3.05, 3.63) is 59.2 Å². The van der Waals surface area contributed by atoms with Crippen LogP contribution in [0.5, 0.6) is 5.75 Å². The molecule has 0 heterocycles. The molecular formula is C20H22N2O5. The van der Waals surface area contributed by atoms with Crippen LogP contribution >= 0.6 is 0 Å². The highest BCUT2D eigenvalue weighted by molar-refractivity contribution is 5.98. The fourth-order valence-electron chi connectivity index (χ4n) is 2.37. The number of carbonyl (C=O) groups is 3. The van der Waals surface area contributed by atoms with Gasteiger partial charge in [0.25, 0.3) is 11.8 Å². The summed E-state index contributed by atoms with van der Waals surface area (Å²) in [6, 6.07) is 12.1. The van der Waals surface area contributed by atoms with E-state index in [0.717, 1.165) is 11.1 Å². The van der Waals surface area contributed by atoms with Gasteiger partial charge < -0.3 is 20.1 Å². The van der Waals surface area contributed by atoms with Crippen molar-refractivity contribution in [1.82, 2.24) is 5.32 Å². The molecule has 0 atom stereocenters. The van der Waals surface area contributed by atoms with E-state index in [9.17, 15) is 14.4 Å². The molecule has 2 amide bonds. The van der Waals surface area contributed by atoms with Crippen molar-refractivity contribution in [3.63, 3.8) is 0 Å². The Labute approximate surface area is 157 Å². The zero-order valence-corrected chi connectivity index (χ0v) is 15.5. The molecule has 0 bridgehead atoms. The maximum Gasteiger partial charge on any atom is 0.325 e. The SMILES string of the molecule is COC(=O)CNC(=O)c1cccc(NC(=O)COc2ccc(C)cc2C)c1. The van der Waals surface area contributed by atoms with E-state index in [4.69, 9.17) is 4.74 Å². The summed E-state index contributed by atoms with van der Waals surface area (Å²) >= 11 is 0. The second-order valence-corrected chi connectivity index (χ2v) is 5.95. The Morgan fingerprint density at radius 1 is 1.04 bits per heavy atom. The number of esters is 1. The van der Waals surface area contributed by atoms with E-state index in [1.165, 1.54) is 13.2 Å². The lowest BCUT2D eigenvalue weighted by Crippen LogP contribution is -2.30. The van der Waals surface area contributed by atoms with Crippen molar-refractivity contribution in [2.45, 2.75) is 13.8 Å². The predicted octanol–water partition coefficient (Wildman–Crippen LogP) is 2.22. The summed E-state index contributed by atoms with van der Waals surface area (Å²) in [4.78, 5) is 35.2. The lowest BCUT2D eigenvalue weighted by Gasteiger charge is -2.11. The van der Waals surface area contributed by atoms with Gasteiger partial charge >= 0.3 is 5.97 Å². The molecule has 27 heavy (non-hydrogen) atoms. The molecule has 0 fully saturated rings. The molecule has 2 aromatic rings. The fraction of sp³-hybridized carbons (Fsp3) is 0.250. The van der Waals surface area contributed by atoms with Crippen molar-refractivity contribution in [2.24, 2.45) is 0 Å². The Bertz CT molecular complexity index is 848. The number of benzene rings is 2. The normalized spacial score (nSPS) is 10.0. The second-order valence-electron chi connectivity index (χ2n) is 5.95. The van der Waals surface area contributed by atoms with Gasteiger partial charge in [0, 0.05) is 11.3 Å². The molecular weight excluding hydrogens is 348 g/mol. The van der Waals surface area contributed by atoms with E-state index in [1.54, 1.807) is 18.2 Å². The first-order chi connectivity index (χ1) is 12.9. The molecule has 0 unspecified atom stereocenters. The van der Waals surface area contributed by atoms with Gasteiger partial charge in [-0.15, -0.1) is 0 Å². The van der Waals surface area contributed by atoms with Gasteiger partial charge in [-0.2, -0.15) is 0 Å². The third kappa shape index (κ3) is 6.14. The van der Waals surface area contributed by atoms with E-state index >= 15 is 0 Å². The quantitative estimate of drug-likeness (QED) is 0.729. The number of hydrogen-bond donors (Lipinski definition) is 2. The van der Waals surface area contributed by atoms with Crippen molar-refractivity contribution in [1.29, 1.82) is 0 Å². The Hall–Kier alpha value is -3.35. The van der Waals surface area contributed by atoms with E-state index < -0.39 is 11.9 Å². The second kappa shape index (κ2) is 9.38. The Morgan fingerprint density at radius 3 is 2.52 bits per heavy atom. The van der Waals surface area contributed by atoms with Crippen LogP contribution in [0.3, 0.4) is 0 Å². The van der Waals surface area contributed by atoms with Crippen molar-refractivity contribution >= 4 is 23.5 Å². The minimum absolute atomic E-state index is 0.150. The standard InChI is InChI=1S/C20H22N2O5/c1-13-7-8-17(14(2)9-13)27-12-18(23)22-16-6-4-5-15(10-16)20(25)21-11-19(24)26-3/h4-10H,11-12H2,1-3H3,(H,21,25)(H,22,23). The van der Waals surface area contributed by atoms with Crippen LogP contribution in [-0.4, -0.2) is 38.0 Å². The Balaban J connectivity index is 1.91. The van der Waals surface area contributed by atoms with Gasteiger partial charge in [-0.3, -0.25) is 14.4 Å². The topological polar surface area (TPSA) is 93.7 Å². The van der Waals surface area contributed by atoms with E-state index in [1.807, 2.05) is 32.0 Å². The van der Waals surface area contributed by atoms with Crippen LogP contribution in [-0.2, 0) is 14.3 Å². The molecule has 0 aliphatic rings. The van der Waals surface area contributed by atoms with Crippen molar-refractivity contribution in [3.8, 4) is 5.75 Å². The number of nitrogens with one attached hydrogen (secondary N) is 2. The molecule has 7 nitrogen and oxygen atoms in total. The maximum absolute atomic E-state index is 12.1. The third-order valence-corrected chi connectivity index (χ3v) is 3.72. The molecule has 2 N–H and O–H groups in total. The minimum atomic E-state index is -0.545. The number of amides is 2. The van der Waals surface area contributed by atoms with Crippen LogP contribution in [0.1, 0.15) is 21.5 Å². The van der Waals surface area contributed by atoms with Crippen LogP contribution in [0.4, 0.5) is 5.69 Å². The lowest BCUT2D eigenvalue weighted by molar-refractivity contribution is -0.139. The zero-order chi connectivity index (χ0) is 19.8. The first-order valence-corrected chi connectivity index (χ1v) is 8.34. The number of ether oxygens (including phenoxy) is 2. The van der Waals surface area contributed by atoms with Gasteiger partial charge in [0.15, 0.2) is 6.61 Å². The van der Waals surface area contributed by atoms with E-state index in [2.05, 4.69) is 15.4 Å². The van der Waals surface area contributed by atoms with Crippen LogP contribution in [0.25, 0.3) is 0 Å². The summed E-state index contributed by atoms with van der Waals surface area (Å²) < 4.78 is 10.0. The minimum Gasteiger partial charge on any atom is -0.483 e. The third-order valence-electron chi connectivity index (χ3n) is 3.72. The molecule has 0 aliphatic heterocycles. The van der Waals surface area contributed by atoms with Crippen molar-refractivity contribution in [2.75, 3.05) is 25.6 Å². The van der Waals surface area contributed by atoms with Crippen LogP contribution in [0.15, 0.2) is 42.5 Å². The van der Waals surface area contributed by atoms with Crippen LogP contribution < -0.4 is 15.4 Å². The van der Waals surface area contributed by atoms with Gasteiger partial charge in [0.2, 0.25) is 0 Å². The van der Waals surface area contributed by atoms with Crippen LogP contribution in [0.2, 0.25) is 0 Å². The molecule has 2 rings (SSSR count). The number of carbonyl (C=O) groups excluding carboxylic acids is 3. The van der Waals surface area contributed by atoms with E-state index in [-0.39, 0.29) is 19.1 Å². The summed E-state index contributed by atoms with van der Waals surface area (Å²) in [6.07, 6.45) is 0. The molecule has 0 saturated carbocycles. The summed E-state index contributed by atoms with van der Waals surface area (Å²) in [6.45, 7) is 3.52. The summed E-state index contributed by atoms with van der Waals surface area (Å²) in [5.74, 6) is -0.687. The molecule has 0 saturated heterocycles. The molecule has 0 radical (unpaired) electrons. The lowest BCUT2D eigenvalue weighted by atomic mass is 10.1. The smallest absolute Gasteiger partial charge is 0.325 e. The fourth-order valence-corrected chi connectivity index (χ4v) is 2.37. The maximum atomic E-state index is 12.1. The molecule has 0 aromatic heterocycles. The summed E-state index contributed by atoms with van der Waals surface area (Å²) in [7, 11) is 1.24. The summed E-state index contributed by atoms with van der Waals surface area (Å²) in [5.41, 5.74) is 2.83. The van der Waals surface area contributed by atoms with Gasteiger partial charge in [0.05, 0.1) is 7.11 Å². The molecule has 0 aliphatic carbocycles. The van der Waals surface area contributed by atoms with E-state index in [0.29, 0.717) is 17.0 Å². The summed E-state index contributed by atoms with van der Waals surface area (Å²) in [5, 5.41) is 5.12. The van der Waals surface area contributed by atoms with Crippen molar-refractivity contribution < 1.29 is 23.9 Å². The molecule has 7 heteroatoms. The molecule has 0 spiro atoms. The molecule has 2 aromatic carbocycles. The van der Waals surface area contributed by atoms with Crippen LogP contribution in [0, 0.1) is 13.8 Å². The van der Waals surface area contributed by atoms with Gasteiger partial charge in [0.1, 0.15) is 12.3 Å². The highest BCUT2D eigenvalue weighted by Gasteiger charge is 2.10. The zero-order valence-electron chi connectivity index (χ0n) is 15.5.